The highest BCUT2D eigenvalue weighted by molar-refractivity contribution is 5.93. The summed E-state index contributed by atoms with van der Waals surface area (Å²) in [4.78, 5) is 30.1. The van der Waals surface area contributed by atoms with E-state index in [1.807, 2.05) is 70.2 Å². The Morgan fingerprint density at radius 3 is 2.54 bits per heavy atom. The molecule has 0 bridgehead atoms. The van der Waals surface area contributed by atoms with E-state index in [0.29, 0.717) is 41.8 Å². The molecule has 4 rings (SSSR count). The third-order valence-electron chi connectivity index (χ3n) is 5.92. The van der Waals surface area contributed by atoms with Crippen LogP contribution in [0.25, 0.3) is 0 Å². The number of nitrogens with one attached hydrogen (secondary N) is 1. The summed E-state index contributed by atoms with van der Waals surface area (Å²) in [6.07, 6.45) is 0. The second-order valence-corrected chi connectivity index (χ2v) is 9.03. The Hall–Kier alpha value is -4.14. The zero-order chi connectivity index (χ0) is 26.4. The van der Waals surface area contributed by atoms with Gasteiger partial charge in [-0.25, -0.2) is 4.79 Å². The summed E-state index contributed by atoms with van der Waals surface area (Å²) in [5.41, 5.74) is 1.43. The molecule has 0 fully saturated rings. The molecule has 1 aromatic heterocycles. The minimum atomic E-state index is -0.382. The SMILES string of the molecule is CCOc1ccccc1NC(=O)N(CC(=O)N(Cc1ccc2c(c1)OCO2)Cc1ccc(C)o1)C(C)C. The molecule has 1 aliphatic heterocycles. The van der Waals surface area contributed by atoms with Gasteiger partial charge in [0.2, 0.25) is 12.7 Å². The number of anilines is 1. The van der Waals surface area contributed by atoms with E-state index in [9.17, 15) is 9.59 Å². The fourth-order valence-electron chi connectivity index (χ4n) is 4.02. The van der Waals surface area contributed by atoms with E-state index in [1.165, 1.54) is 4.90 Å². The van der Waals surface area contributed by atoms with Crippen LogP contribution in [0.1, 0.15) is 37.9 Å². The van der Waals surface area contributed by atoms with Crippen molar-refractivity contribution in [1.29, 1.82) is 0 Å². The first-order valence-electron chi connectivity index (χ1n) is 12.3. The molecule has 2 heterocycles. The van der Waals surface area contributed by atoms with Gasteiger partial charge < -0.3 is 33.7 Å². The minimum absolute atomic E-state index is 0.107. The maximum atomic E-state index is 13.6. The van der Waals surface area contributed by atoms with E-state index in [-0.39, 0.29) is 37.9 Å². The maximum Gasteiger partial charge on any atom is 0.322 e. The average molecular weight is 508 g/mol. The molecule has 2 aromatic carbocycles. The lowest BCUT2D eigenvalue weighted by Crippen LogP contribution is -2.47. The van der Waals surface area contributed by atoms with Crippen molar-refractivity contribution < 1.29 is 28.2 Å². The van der Waals surface area contributed by atoms with Gasteiger partial charge in [0.25, 0.3) is 0 Å². The van der Waals surface area contributed by atoms with Crippen molar-refractivity contribution >= 4 is 17.6 Å². The van der Waals surface area contributed by atoms with Crippen molar-refractivity contribution in [3.8, 4) is 17.2 Å². The predicted octanol–water partition coefficient (Wildman–Crippen LogP) is 5.19. The molecule has 9 nitrogen and oxygen atoms in total. The summed E-state index contributed by atoms with van der Waals surface area (Å²) >= 11 is 0. The van der Waals surface area contributed by atoms with Crippen LogP contribution in [-0.4, -0.2) is 47.7 Å². The number of amides is 3. The molecular formula is C28H33N3O6. The highest BCUT2D eigenvalue weighted by Gasteiger charge is 2.26. The normalized spacial score (nSPS) is 11.9. The zero-order valence-corrected chi connectivity index (χ0v) is 21.7. The molecule has 0 unspecified atom stereocenters. The fourth-order valence-corrected chi connectivity index (χ4v) is 4.02. The molecule has 3 amide bonds. The number of rotatable bonds is 10. The third kappa shape index (κ3) is 6.55. The lowest BCUT2D eigenvalue weighted by molar-refractivity contribution is -0.133. The molecule has 1 N–H and O–H groups in total. The first-order valence-corrected chi connectivity index (χ1v) is 12.3. The monoisotopic (exact) mass is 507 g/mol. The topological polar surface area (TPSA) is 93.5 Å². The average Bonchev–Trinajstić information content (AvgIpc) is 3.51. The number of ether oxygens (including phenoxy) is 3. The summed E-state index contributed by atoms with van der Waals surface area (Å²) < 4.78 is 22.3. The number of para-hydroxylation sites is 2. The number of hydrogen-bond acceptors (Lipinski definition) is 6. The molecule has 0 radical (unpaired) electrons. The van der Waals surface area contributed by atoms with Gasteiger partial charge in [-0.2, -0.15) is 0 Å². The number of furan rings is 1. The van der Waals surface area contributed by atoms with Crippen LogP contribution in [0, 0.1) is 6.92 Å². The van der Waals surface area contributed by atoms with Crippen LogP contribution >= 0.6 is 0 Å². The van der Waals surface area contributed by atoms with Crippen molar-refractivity contribution in [2.45, 2.75) is 46.8 Å². The summed E-state index contributed by atoms with van der Waals surface area (Å²) in [5, 5.41) is 2.89. The predicted molar refractivity (Wildman–Crippen MR) is 139 cm³/mol. The number of fused-ring (bicyclic) bond motifs is 1. The standard InChI is InChI=1S/C28H33N3O6/c1-5-34-24-9-7-6-8-23(24)29-28(33)31(19(2)3)17-27(32)30(16-22-12-10-20(4)37-22)15-21-11-13-25-26(14-21)36-18-35-25/h6-14,19H,5,15-18H2,1-4H3,(H,29,33). The number of benzene rings is 2. The quantitative estimate of drug-likeness (QED) is 0.406. The molecule has 0 atom stereocenters. The van der Waals surface area contributed by atoms with Gasteiger partial charge in [-0.05, 0) is 69.7 Å². The van der Waals surface area contributed by atoms with E-state index >= 15 is 0 Å². The van der Waals surface area contributed by atoms with E-state index in [4.69, 9.17) is 18.6 Å². The smallest absolute Gasteiger partial charge is 0.322 e. The highest BCUT2D eigenvalue weighted by Crippen LogP contribution is 2.33. The highest BCUT2D eigenvalue weighted by atomic mass is 16.7. The lowest BCUT2D eigenvalue weighted by Gasteiger charge is -2.30. The van der Waals surface area contributed by atoms with Crippen LogP contribution in [-0.2, 0) is 17.9 Å². The van der Waals surface area contributed by atoms with Gasteiger partial charge in [0, 0.05) is 12.6 Å². The fraction of sp³-hybridized carbons (Fsp3) is 0.357. The van der Waals surface area contributed by atoms with Gasteiger partial charge in [0.05, 0.1) is 18.8 Å². The van der Waals surface area contributed by atoms with Gasteiger partial charge >= 0.3 is 6.03 Å². The van der Waals surface area contributed by atoms with Crippen LogP contribution in [0.4, 0.5) is 10.5 Å². The van der Waals surface area contributed by atoms with Crippen LogP contribution in [0.5, 0.6) is 17.2 Å². The van der Waals surface area contributed by atoms with Crippen molar-refractivity contribution in [2.75, 3.05) is 25.3 Å². The molecule has 1 aliphatic rings. The Morgan fingerprint density at radius 2 is 1.81 bits per heavy atom. The zero-order valence-electron chi connectivity index (χ0n) is 21.7. The number of urea groups is 1. The first kappa shape index (κ1) is 25.9. The number of aryl methyl sites for hydroxylation is 1. The third-order valence-corrected chi connectivity index (χ3v) is 5.92. The van der Waals surface area contributed by atoms with Crippen LogP contribution in [0.3, 0.4) is 0 Å². The van der Waals surface area contributed by atoms with Crippen LogP contribution in [0.2, 0.25) is 0 Å². The second-order valence-electron chi connectivity index (χ2n) is 9.03. The first-order chi connectivity index (χ1) is 17.8. The summed E-state index contributed by atoms with van der Waals surface area (Å²) in [7, 11) is 0. The van der Waals surface area contributed by atoms with Crippen molar-refractivity contribution in [3.05, 3.63) is 71.7 Å². The number of carbonyl (C=O) groups is 2. The van der Waals surface area contributed by atoms with E-state index in [2.05, 4.69) is 5.32 Å². The molecule has 0 saturated carbocycles. The summed E-state index contributed by atoms with van der Waals surface area (Å²) in [6.45, 7) is 8.62. The number of carbonyl (C=O) groups excluding carboxylic acids is 2. The molecule has 37 heavy (non-hydrogen) atoms. The van der Waals surface area contributed by atoms with Crippen molar-refractivity contribution in [3.63, 3.8) is 0 Å². The second kappa shape index (κ2) is 11.7. The number of nitrogens with zero attached hydrogens (tertiary/aromatic N) is 2. The Labute approximate surface area is 216 Å². The Balaban J connectivity index is 1.52. The van der Waals surface area contributed by atoms with Gasteiger partial charge in [0.15, 0.2) is 11.5 Å². The molecule has 0 saturated heterocycles. The van der Waals surface area contributed by atoms with Crippen LogP contribution < -0.4 is 19.5 Å². The van der Waals surface area contributed by atoms with E-state index < -0.39 is 0 Å². The molecule has 0 aliphatic carbocycles. The molecular weight excluding hydrogens is 474 g/mol. The van der Waals surface area contributed by atoms with Crippen molar-refractivity contribution in [2.24, 2.45) is 0 Å². The molecule has 0 spiro atoms. The molecule has 9 heteroatoms. The molecule has 3 aromatic rings. The minimum Gasteiger partial charge on any atom is -0.492 e. The lowest BCUT2D eigenvalue weighted by atomic mass is 10.1. The van der Waals surface area contributed by atoms with Gasteiger partial charge in [-0.15, -0.1) is 0 Å². The summed E-state index contributed by atoms with van der Waals surface area (Å²) in [5.74, 6) is 3.12. The Kier molecular flexibility index (Phi) is 8.22. The van der Waals surface area contributed by atoms with E-state index in [1.54, 1.807) is 17.0 Å². The van der Waals surface area contributed by atoms with Crippen molar-refractivity contribution in [1.82, 2.24) is 9.80 Å². The Morgan fingerprint density at radius 1 is 1.03 bits per heavy atom. The van der Waals surface area contributed by atoms with Gasteiger partial charge in [-0.3, -0.25) is 4.79 Å². The summed E-state index contributed by atoms with van der Waals surface area (Å²) in [6, 6.07) is 15.9. The van der Waals surface area contributed by atoms with Gasteiger partial charge in [0.1, 0.15) is 23.8 Å². The Bertz CT molecular complexity index is 1240. The van der Waals surface area contributed by atoms with E-state index in [0.717, 1.165) is 11.3 Å². The molecule has 196 valence electrons. The van der Waals surface area contributed by atoms with Gasteiger partial charge in [-0.1, -0.05) is 18.2 Å². The number of hydrogen-bond donors (Lipinski definition) is 1. The largest absolute Gasteiger partial charge is 0.492 e. The van der Waals surface area contributed by atoms with Crippen LogP contribution in [0.15, 0.2) is 59.0 Å². The maximum absolute atomic E-state index is 13.6.